The zero-order valence-corrected chi connectivity index (χ0v) is 18.3. The van der Waals surface area contributed by atoms with Crippen LogP contribution >= 0.6 is 23.1 Å². The number of rotatable bonds is 7. The van der Waals surface area contributed by atoms with E-state index in [1.54, 1.807) is 13.0 Å². The van der Waals surface area contributed by atoms with E-state index in [-0.39, 0.29) is 36.6 Å². The summed E-state index contributed by atoms with van der Waals surface area (Å²) in [7, 11) is 0. The van der Waals surface area contributed by atoms with Crippen molar-refractivity contribution in [1.29, 1.82) is 0 Å². The Kier molecular flexibility index (Phi) is 6.34. The first kappa shape index (κ1) is 21.1. The van der Waals surface area contributed by atoms with E-state index >= 15 is 0 Å². The molecule has 3 aromatic rings. The van der Waals surface area contributed by atoms with E-state index in [4.69, 9.17) is 4.42 Å². The molecule has 1 aromatic carbocycles. The minimum absolute atomic E-state index is 0.0660. The van der Waals surface area contributed by atoms with Gasteiger partial charge in [-0.05, 0) is 41.8 Å². The summed E-state index contributed by atoms with van der Waals surface area (Å²) < 4.78 is 5.65. The first-order chi connectivity index (χ1) is 15.0. The molecule has 7 nitrogen and oxygen atoms in total. The zero-order chi connectivity index (χ0) is 21.8. The lowest BCUT2D eigenvalue weighted by Crippen LogP contribution is -2.37. The normalized spacial score (nSPS) is 15.1. The first-order valence-electron chi connectivity index (χ1n) is 9.58. The fourth-order valence-corrected chi connectivity index (χ4v) is 4.53. The molecule has 0 spiro atoms. The van der Waals surface area contributed by atoms with Gasteiger partial charge in [0.1, 0.15) is 5.76 Å². The first-order valence-corrected chi connectivity index (χ1v) is 11.3. The van der Waals surface area contributed by atoms with Crippen LogP contribution in [0, 0.1) is 6.92 Å². The van der Waals surface area contributed by atoms with Crippen molar-refractivity contribution in [2.24, 2.45) is 0 Å². The highest BCUT2D eigenvalue weighted by Crippen LogP contribution is 2.31. The largest absolute Gasteiger partial charge is 0.440 e. The molecule has 0 atom stereocenters. The predicted octanol–water partition coefficient (Wildman–Crippen LogP) is 4.11. The number of nitrogens with zero attached hydrogens (tertiary/aromatic N) is 2. The van der Waals surface area contributed by atoms with E-state index in [0.29, 0.717) is 22.3 Å². The third-order valence-corrected chi connectivity index (χ3v) is 6.35. The Labute approximate surface area is 187 Å². The number of nitrogens with one attached hydrogen (secondary N) is 1. The number of imide groups is 1. The number of thioether (sulfide) groups is 1. The van der Waals surface area contributed by atoms with Crippen molar-refractivity contribution in [3.63, 3.8) is 0 Å². The fourth-order valence-electron chi connectivity index (χ4n) is 3.01. The number of aryl methyl sites for hydroxylation is 1. The number of carbonyl (C=O) groups is 3. The molecular weight excluding hydrogens is 434 g/mol. The van der Waals surface area contributed by atoms with Crippen LogP contribution in [-0.4, -0.2) is 40.0 Å². The molecule has 0 bridgehead atoms. The summed E-state index contributed by atoms with van der Waals surface area (Å²) in [5.74, 6) is 0.496. The van der Waals surface area contributed by atoms with Crippen LogP contribution in [0.3, 0.4) is 0 Å². The molecule has 3 amide bonds. The summed E-state index contributed by atoms with van der Waals surface area (Å²) >= 11 is 2.42. The lowest BCUT2D eigenvalue weighted by molar-refractivity contribution is -0.124. The van der Waals surface area contributed by atoms with Crippen molar-refractivity contribution in [1.82, 2.24) is 15.2 Å². The van der Waals surface area contributed by atoms with Crippen molar-refractivity contribution >= 4 is 46.2 Å². The van der Waals surface area contributed by atoms with E-state index in [2.05, 4.69) is 10.3 Å². The molecule has 1 saturated heterocycles. The van der Waals surface area contributed by atoms with Crippen LogP contribution in [0.4, 0.5) is 4.79 Å². The maximum Gasteiger partial charge on any atom is 0.293 e. The van der Waals surface area contributed by atoms with Gasteiger partial charge in [-0.2, -0.15) is 0 Å². The monoisotopic (exact) mass is 453 g/mol. The minimum Gasteiger partial charge on any atom is -0.440 e. The quantitative estimate of drug-likeness (QED) is 0.542. The number of carbonyl (C=O) groups excluding carboxylic acids is 3. The molecule has 1 aliphatic rings. The Hall–Kier alpha value is -3.17. The summed E-state index contributed by atoms with van der Waals surface area (Å²) in [5.41, 5.74) is 1.42. The Morgan fingerprint density at radius 2 is 2.00 bits per heavy atom. The van der Waals surface area contributed by atoms with E-state index in [9.17, 15) is 14.4 Å². The van der Waals surface area contributed by atoms with Crippen molar-refractivity contribution in [3.8, 4) is 10.8 Å². The van der Waals surface area contributed by atoms with Gasteiger partial charge >= 0.3 is 0 Å². The van der Waals surface area contributed by atoms with Gasteiger partial charge in [0, 0.05) is 13.1 Å². The molecule has 31 heavy (non-hydrogen) atoms. The van der Waals surface area contributed by atoms with Gasteiger partial charge < -0.3 is 9.73 Å². The summed E-state index contributed by atoms with van der Waals surface area (Å²) in [6, 6.07) is 13.2. The molecule has 1 aliphatic heterocycles. The SMILES string of the molecule is Cc1oc(-c2cccs2)nc1CC(=O)NCCN1C(=O)SC(=Cc2ccccc2)C1=O. The molecule has 1 N–H and O–H groups in total. The smallest absolute Gasteiger partial charge is 0.293 e. The molecular formula is C22H19N3O4S2. The number of aromatic nitrogens is 1. The summed E-state index contributed by atoms with van der Waals surface area (Å²) in [5, 5.41) is 4.34. The summed E-state index contributed by atoms with van der Waals surface area (Å²) in [6.45, 7) is 2.05. The topological polar surface area (TPSA) is 92.5 Å². The van der Waals surface area contributed by atoms with Gasteiger partial charge in [0.05, 0.1) is 21.9 Å². The van der Waals surface area contributed by atoms with Crippen molar-refractivity contribution in [3.05, 3.63) is 69.8 Å². The maximum atomic E-state index is 12.5. The zero-order valence-electron chi connectivity index (χ0n) is 16.7. The number of benzene rings is 1. The molecule has 158 valence electrons. The molecule has 0 aliphatic carbocycles. The van der Waals surface area contributed by atoms with Crippen LogP contribution in [0.5, 0.6) is 0 Å². The van der Waals surface area contributed by atoms with Crippen LogP contribution in [0.15, 0.2) is 57.2 Å². The van der Waals surface area contributed by atoms with E-state index < -0.39 is 0 Å². The molecule has 0 radical (unpaired) electrons. The van der Waals surface area contributed by atoms with Crippen molar-refractivity contribution < 1.29 is 18.8 Å². The molecule has 1 fully saturated rings. The minimum atomic E-state index is -0.346. The van der Waals surface area contributed by atoms with Gasteiger partial charge in [0.2, 0.25) is 11.8 Å². The van der Waals surface area contributed by atoms with Gasteiger partial charge in [0.25, 0.3) is 11.1 Å². The average Bonchev–Trinajstić information content (AvgIpc) is 3.46. The van der Waals surface area contributed by atoms with Crippen molar-refractivity contribution in [2.45, 2.75) is 13.3 Å². The number of hydrogen-bond acceptors (Lipinski definition) is 7. The average molecular weight is 454 g/mol. The van der Waals surface area contributed by atoms with Crippen LogP contribution < -0.4 is 5.32 Å². The number of oxazole rings is 1. The van der Waals surface area contributed by atoms with Crippen LogP contribution in [0.25, 0.3) is 16.8 Å². The highest BCUT2D eigenvalue weighted by molar-refractivity contribution is 8.18. The summed E-state index contributed by atoms with van der Waals surface area (Å²) in [6.07, 6.45) is 1.76. The Balaban J connectivity index is 1.30. The second kappa shape index (κ2) is 9.32. The van der Waals surface area contributed by atoms with Gasteiger partial charge in [-0.25, -0.2) is 4.98 Å². The fraction of sp³-hybridized carbons (Fsp3) is 0.182. The molecule has 0 saturated carbocycles. The number of hydrogen-bond donors (Lipinski definition) is 1. The molecule has 9 heteroatoms. The third-order valence-electron chi connectivity index (χ3n) is 4.58. The van der Waals surface area contributed by atoms with E-state index in [1.807, 2.05) is 47.8 Å². The summed E-state index contributed by atoms with van der Waals surface area (Å²) in [4.78, 5) is 43.9. The highest BCUT2D eigenvalue weighted by Gasteiger charge is 2.34. The lowest BCUT2D eigenvalue weighted by atomic mass is 10.2. The van der Waals surface area contributed by atoms with Crippen LogP contribution in [0.1, 0.15) is 17.0 Å². The number of amides is 3. The predicted molar refractivity (Wildman–Crippen MR) is 120 cm³/mol. The molecule has 4 rings (SSSR count). The van der Waals surface area contributed by atoms with Gasteiger partial charge in [-0.3, -0.25) is 19.3 Å². The standard InChI is InChI=1S/C22H19N3O4S2/c1-14-16(24-20(29-14)17-8-5-11-30-17)13-19(26)23-9-10-25-21(27)18(31-22(25)28)12-15-6-3-2-4-7-15/h2-8,11-12H,9-10,13H2,1H3,(H,23,26). The Morgan fingerprint density at radius 1 is 1.19 bits per heavy atom. The van der Waals surface area contributed by atoms with Gasteiger partial charge in [-0.15, -0.1) is 11.3 Å². The number of thiophene rings is 1. The second-order valence-corrected chi connectivity index (χ2v) is 8.71. The van der Waals surface area contributed by atoms with Crippen LogP contribution in [0.2, 0.25) is 0 Å². The molecule has 0 unspecified atom stereocenters. The maximum absolute atomic E-state index is 12.5. The molecule has 3 heterocycles. The second-order valence-electron chi connectivity index (χ2n) is 6.77. The van der Waals surface area contributed by atoms with Gasteiger partial charge in [0.15, 0.2) is 0 Å². The highest BCUT2D eigenvalue weighted by atomic mass is 32.2. The Bertz CT molecular complexity index is 1140. The Morgan fingerprint density at radius 3 is 2.74 bits per heavy atom. The van der Waals surface area contributed by atoms with Crippen LogP contribution in [-0.2, 0) is 16.0 Å². The van der Waals surface area contributed by atoms with Gasteiger partial charge in [-0.1, -0.05) is 36.4 Å². The van der Waals surface area contributed by atoms with Crippen molar-refractivity contribution in [2.75, 3.05) is 13.1 Å². The molecule has 2 aromatic heterocycles. The lowest BCUT2D eigenvalue weighted by Gasteiger charge is -2.12. The van der Waals surface area contributed by atoms with E-state index in [1.165, 1.54) is 11.3 Å². The van der Waals surface area contributed by atoms with E-state index in [0.717, 1.165) is 27.1 Å². The third kappa shape index (κ3) is 4.95.